The molecular formula is C14H18F3N3O2. The minimum atomic E-state index is -4.49. The molecule has 0 spiro atoms. The number of carbonyl (C=O) groups excluding carboxylic acids is 2. The van der Waals surface area contributed by atoms with E-state index in [1.54, 1.807) is 4.90 Å². The van der Waals surface area contributed by atoms with Crippen LogP contribution in [0, 0.1) is 5.92 Å². The molecule has 1 aliphatic rings. The van der Waals surface area contributed by atoms with Gasteiger partial charge in [-0.25, -0.2) is 0 Å². The first-order chi connectivity index (χ1) is 10.3. The summed E-state index contributed by atoms with van der Waals surface area (Å²) < 4.78 is 37.5. The number of halogens is 3. The predicted octanol–water partition coefficient (Wildman–Crippen LogP) is 2.15. The normalized spacial score (nSPS) is 16.8. The van der Waals surface area contributed by atoms with Gasteiger partial charge in [0.05, 0.1) is 5.56 Å². The Morgan fingerprint density at radius 1 is 1.32 bits per heavy atom. The van der Waals surface area contributed by atoms with Gasteiger partial charge in [0.15, 0.2) is 0 Å². The molecule has 0 radical (unpaired) electrons. The molecule has 0 bridgehead atoms. The lowest BCUT2D eigenvalue weighted by molar-refractivity contribution is -0.140. The number of hydrogen-bond acceptors (Lipinski definition) is 2. The van der Waals surface area contributed by atoms with Gasteiger partial charge in [-0.15, -0.1) is 0 Å². The summed E-state index contributed by atoms with van der Waals surface area (Å²) in [6.45, 7) is 0.962. The Hall–Kier alpha value is -1.99. The molecule has 1 aromatic heterocycles. The average Bonchev–Trinajstić information content (AvgIpc) is 2.94. The fourth-order valence-electron chi connectivity index (χ4n) is 2.64. The summed E-state index contributed by atoms with van der Waals surface area (Å²) in [5.41, 5.74) is 4.19. The van der Waals surface area contributed by atoms with Crippen LogP contribution in [-0.4, -0.2) is 34.8 Å². The average molecular weight is 317 g/mol. The third-order valence-corrected chi connectivity index (χ3v) is 3.94. The lowest BCUT2D eigenvalue weighted by Crippen LogP contribution is -2.38. The molecule has 0 atom stereocenters. The number of nitrogens with two attached hydrogens (primary N) is 1. The fraction of sp³-hybridized carbons (Fsp3) is 0.571. The molecule has 1 fully saturated rings. The van der Waals surface area contributed by atoms with Gasteiger partial charge in [-0.05, 0) is 31.2 Å². The molecule has 2 heterocycles. The molecule has 5 nitrogen and oxygen atoms in total. The highest BCUT2D eigenvalue weighted by Gasteiger charge is 2.33. The van der Waals surface area contributed by atoms with E-state index in [4.69, 9.17) is 5.73 Å². The summed E-state index contributed by atoms with van der Waals surface area (Å²) in [5.74, 6) is -0.417. The van der Waals surface area contributed by atoms with E-state index in [0.717, 1.165) is 25.1 Å². The van der Waals surface area contributed by atoms with Gasteiger partial charge in [0.1, 0.15) is 5.69 Å². The maximum Gasteiger partial charge on any atom is 0.431 e. The van der Waals surface area contributed by atoms with Crippen LogP contribution in [0.1, 0.15) is 41.7 Å². The summed E-state index contributed by atoms with van der Waals surface area (Å²) in [7, 11) is 0. The minimum absolute atomic E-state index is 0.0166. The third-order valence-electron chi connectivity index (χ3n) is 3.94. The molecule has 8 heteroatoms. The number of amides is 2. The quantitative estimate of drug-likeness (QED) is 0.892. The highest BCUT2D eigenvalue weighted by atomic mass is 19.4. The van der Waals surface area contributed by atoms with Gasteiger partial charge in [0, 0.05) is 25.7 Å². The van der Waals surface area contributed by atoms with Gasteiger partial charge in [-0.1, -0.05) is 0 Å². The zero-order valence-electron chi connectivity index (χ0n) is 11.9. The van der Waals surface area contributed by atoms with E-state index in [9.17, 15) is 22.8 Å². The number of hydrogen-bond donors (Lipinski definition) is 2. The Balaban J connectivity index is 1.90. The predicted molar refractivity (Wildman–Crippen MR) is 72.9 cm³/mol. The van der Waals surface area contributed by atoms with Crippen molar-refractivity contribution in [1.29, 1.82) is 0 Å². The van der Waals surface area contributed by atoms with E-state index < -0.39 is 17.8 Å². The van der Waals surface area contributed by atoms with E-state index >= 15 is 0 Å². The molecule has 0 aromatic carbocycles. The second-order valence-corrected chi connectivity index (χ2v) is 5.54. The molecule has 1 aromatic rings. The maximum absolute atomic E-state index is 12.5. The van der Waals surface area contributed by atoms with Crippen LogP contribution >= 0.6 is 0 Å². The number of aromatic amines is 1. The number of alkyl halides is 3. The summed E-state index contributed by atoms with van der Waals surface area (Å²) in [4.78, 5) is 26.6. The lowest BCUT2D eigenvalue weighted by atomic mass is 9.92. The fourth-order valence-corrected chi connectivity index (χ4v) is 2.64. The van der Waals surface area contributed by atoms with Crippen LogP contribution in [0.4, 0.5) is 13.2 Å². The maximum atomic E-state index is 12.5. The smallest absolute Gasteiger partial charge is 0.370 e. The van der Waals surface area contributed by atoms with Crippen molar-refractivity contribution in [3.63, 3.8) is 0 Å². The van der Waals surface area contributed by atoms with Gasteiger partial charge in [-0.3, -0.25) is 9.59 Å². The molecule has 3 N–H and O–H groups in total. The second-order valence-electron chi connectivity index (χ2n) is 5.54. The van der Waals surface area contributed by atoms with Crippen molar-refractivity contribution < 1.29 is 22.8 Å². The number of aromatic nitrogens is 1. The molecule has 122 valence electrons. The van der Waals surface area contributed by atoms with Crippen molar-refractivity contribution in [1.82, 2.24) is 9.88 Å². The van der Waals surface area contributed by atoms with E-state index in [-0.39, 0.29) is 11.5 Å². The van der Waals surface area contributed by atoms with Crippen LogP contribution in [0.3, 0.4) is 0 Å². The van der Waals surface area contributed by atoms with Gasteiger partial charge in [0.2, 0.25) is 5.91 Å². The van der Waals surface area contributed by atoms with E-state index in [0.29, 0.717) is 31.8 Å². The van der Waals surface area contributed by atoms with Crippen molar-refractivity contribution in [3.05, 3.63) is 23.5 Å². The van der Waals surface area contributed by atoms with Crippen LogP contribution in [0.25, 0.3) is 0 Å². The van der Waals surface area contributed by atoms with Crippen molar-refractivity contribution in [2.75, 3.05) is 13.1 Å². The number of carbonyl (C=O) groups is 2. The molecule has 2 amide bonds. The van der Waals surface area contributed by atoms with E-state index in [1.165, 1.54) is 0 Å². The van der Waals surface area contributed by atoms with Crippen molar-refractivity contribution in [2.45, 2.75) is 31.9 Å². The molecular weight excluding hydrogens is 299 g/mol. The number of rotatable bonds is 4. The zero-order chi connectivity index (χ0) is 16.3. The molecule has 1 aliphatic heterocycles. The monoisotopic (exact) mass is 317 g/mol. The Kier molecular flexibility index (Phi) is 4.77. The number of likely N-dealkylation sites (tertiary alicyclic amines) is 1. The van der Waals surface area contributed by atoms with Gasteiger partial charge in [0.25, 0.3) is 5.91 Å². The number of piperidine rings is 1. The van der Waals surface area contributed by atoms with Crippen molar-refractivity contribution in [2.24, 2.45) is 11.7 Å². The highest BCUT2D eigenvalue weighted by Crippen LogP contribution is 2.29. The van der Waals surface area contributed by atoms with Crippen LogP contribution in [0.2, 0.25) is 0 Å². The second kappa shape index (κ2) is 6.41. The van der Waals surface area contributed by atoms with Crippen LogP contribution < -0.4 is 5.73 Å². The molecule has 2 rings (SSSR count). The van der Waals surface area contributed by atoms with Gasteiger partial charge in [-0.2, -0.15) is 13.2 Å². The molecule has 1 saturated heterocycles. The van der Waals surface area contributed by atoms with E-state index in [1.807, 2.05) is 0 Å². The first-order valence-corrected chi connectivity index (χ1v) is 7.10. The molecule has 0 saturated carbocycles. The molecule has 0 aliphatic carbocycles. The number of nitrogens with one attached hydrogen (secondary N) is 1. The van der Waals surface area contributed by atoms with Gasteiger partial charge >= 0.3 is 6.18 Å². The van der Waals surface area contributed by atoms with E-state index in [2.05, 4.69) is 4.98 Å². The Bertz CT molecular complexity index is 546. The SMILES string of the molecule is NC(=O)CCC1CCN(C(=O)c2c[nH]c(C(F)(F)F)c2)CC1. The standard InChI is InChI=1S/C14H18F3N3O2/c15-14(16,17)11-7-10(8-19-11)13(22)20-5-3-9(4-6-20)1-2-12(18)21/h7-9,19H,1-6H2,(H2,18,21). The zero-order valence-corrected chi connectivity index (χ0v) is 11.9. The van der Waals surface area contributed by atoms with Gasteiger partial charge < -0.3 is 15.6 Å². The summed E-state index contributed by atoms with van der Waals surface area (Å²) >= 11 is 0. The summed E-state index contributed by atoms with van der Waals surface area (Å²) in [6.07, 6.45) is -0.916. The first-order valence-electron chi connectivity index (χ1n) is 7.10. The van der Waals surface area contributed by atoms with Crippen molar-refractivity contribution in [3.8, 4) is 0 Å². The number of primary amides is 1. The minimum Gasteiger partial charge on any atom is -0.370 e. The summed E-state index contributed by atoms with van der Waals surface area (Å²) in [6, 6.07) is 0.835. The van der Waals surface area contributed by atoms with Crippen LogP contribution in [0.15, 0.2) is 12.3 Å². The topological polar surface area (TPSA) is 79.2 Å². The Labute approximate surface area is 125 Å². The van der Waals surface area contributed by atoms with Crippen LogP contribution in [0.5, 0.6) is 0 Å². The molecule has 22 heavy (non-hydrogen) atoms. The Morgan fingerprint density at radius 3 is 2.45 bits per heavy atom. The lowest BCUT2D eigenvalue weighted by Gasteiger charge is -2.31. The third kappa shape index (κ3) is 4.02. The number of nitrogens with zero attached hydrogens (tertiary/aromatic N) is 1. The Morgan fingerprint density at radius 2 is 1.95 bits per heavy atom. The van der Waals surface area contributed by atoms with Crippen LogP contribution in [-0.2, 0) is 11.0 Å². The number of H-pyrrole nitrogens is 1. The molecule has 0 unspecified atom stereocenters. The summed E-state index contributed by atoms with van der Waals surface area (Å²) in [5, 5.41) is 0. The largest absolute Gasteiger partial charge is 0.431 e. The highest BCUT2D eigenvalue weighted by molar-refractivity contribution is 5.94. The first kappa shape index (κ1) is 16.4. The van der Waals surface area contributed by atoms with Crippen molar-refractivity contribution >= 4 is 11.8 Å².